The number of hydrogen-bond acceptors (Lipinski definition) is 5. The maximum atomic E-state index is 13.0. The number of hydrogen-bond donors (Lipinski definition) is 0. The second kappa shape index (κ2) is 7.20. The minimum absolute atomic E-state index is 0.373. The van der Waals surface area contributed by atoms with Gasteiger partial charge in [0.2, 0.25) is 5.88 Å². The molecule has 5 rings (SSSR count). The highest BCUT2D eigenvalue weighted by Gasteiger charge is 2.53. The van der Waals surface area contributed by atoms with Crippen molar-refractivity contribution < 1.29 is 13.7 Å². The predicted molar refractivity (Wildman–Crippen MR) is 108 cm³/mol. The van der Waals surface area contributed by atoms with E-state index >= 15 is 0 Å². The third-order valence-electron chi connectivity index (χ3n) is 7.28. The molecule has 4 aliphatic rings. The highest BCUT2D eigenvalue weighted by Crippen LogP contribution is 2.51. The molecule has 28 heavy (non-hydrogen) atoms. The van der Waals surface area contributed by atoms with Crippen LogP contribution in [0.15, 0.2) is 17.2 Å². The van der Waals surface area contributed by atoms with Gasteiger partial charge in [-0.25, -0.2) is 13.5 Å². The van der Waals surface area contributed by atoms with E-state index in [1.54, 1.807) is 12.3 Å². The van der Waals surface area contributed by atoms with Gasteiger partial charge in [-0.3, -0.25) is 4.90 Å². The van der Waals surface area contributed by atoms with E-state index in [9.17, 15) is 4.21 Å². The Kier molecular flexibility index (Phi) is 4.95. The third kappa shape index (κ3) is 3.29. The molecule has 1 aliphatic carbocycles. The molecule has 2 atom stereocenters. The van der Waals surface area contributed by atoms with Crippen molar-refractivity contribution in [3.63, 3.8) is 0 Å². The van der Waals surface area contributed by atoms with Gasteiger partial charge < -0.3 is 9.47 Å². The molecule has 1 saturated carbocycles. The van der Waals surface area contributed by atoms with Crippen LogP contribution in [0.25, 0.3) is 0 Å². The predicted octanol–water partition coefficient (Wildman–Crippen LogP) is 2.73. The number of nitrogens with zero attached hydrogens (tertiary/aromatic N) is 3. The normalized spacial score (nSPS) is 30.1. The zero-order valence-electron chi connectivity index (χ0n) is 16.4. The van der Waals surface area contributed by atoms with E-state index in [1.807, 2.05) is 0 Å². The van der Waals surface area contributed by atoms with Gasteiger partial charge in [0.1, 0.15) is 16.0 Å². The van der Waals surface area contributed by atoms with Gasteiger partial charge in [0.15, 0.2) is 0 Å². The molecule has 2 unspecified atom stereocenters. The average molecular weight is 426 g/mol. The lowest BCUT2D eigenvalue weighted by atomic mass is 9.75. The van der Waals surface area contributed by atoms with Crippen LogP contribution < -0.4 is 4.74 Å². The lowest BCUT2D eigenvalue weighted by molar-refractivity contribution is -0.198. The maximum absolute atomic E-state index is 13.0. The fourth-order valence-corrected chi connectivity index (χ4v) is 7.00. The SMILES string of the molecule is COc1ncc(S(=O)N2CCC3(CCC(N4CC5(COC5)C4)C3)CC2)cc1Cl. The molecule has 4 heterocycles. The molecular formula is C20H28ClN3O3S. The van der Waals surface area contributed by atoms with Gasteiger partial charge in [-0.05, 0) is 43.6 Å². The lowest BCUT2D eigenvalue weighted by Gasteiger charge is -2.57. The Balaban J connectivity index is 1.16. The van der Waals surface area contributed by atoms with Crippen molar-refractivity contribution in [2.24, 2.45) is 10.8 Å². The number of rotatable bonds is 4. The topological polar surface area (TPSA) is 54.9 Å². The van der Waals surface area contributed by atoms with Crippen LogP contribution in [0.1, 0.15) is 32.1 Å². The zero-order chi connectivity index (χ0) is 19.4. The van der Waals surface area contributed by atoms with E-state index in [1.165, 1.54) is 39.5 Å². The number of aromatic nitrogens is 1. The van der Waals surface area contributed by atoms with Crippen LogP contribution in [0.2, 0.25) is 5.02 Å². The number of methoxy groups -OCH3 is 1. The van der Waals surface area contributed by atoms with E-state index in [0.29, 0.717) is 26.6 Å². The van der Waals surface area contributed by atoms with Gasteiger partial charge in [0.05, 0.1) is 25.2 Å². The van der Waals surface area contributed by atoms with Crippen molar-refractivity contribution in [1.29, 1.82) is 0 Å². The molecule has 3 aliphatic heterocycles. The second-order valence-electron chi connectivity index (χ2n) is 9.13. The standard InChI is InChI=1S/C20H28ClN3O3S/c1-26-18-17(21)8-16(10-22-18)28(25)24-6-4-19(5-7-24)3-2-15(9-19)23-11-20(12-23)13-27-14-20/h8,10,15H,2-7,9,11-14H2,1H3. The molecule has 1 aromatic heterocycles. The quantitative estimate of drug-likeness (QED) is 0.742. The van der Waals surface area contributed by atoms with Crippen LogP contribution in [-0.4, -0.2) is 70.9 Å². The molecule has 3 saturated heterocycles. The summed E-state index contributed by atoms with van der Waals surface area (Å²) in [6.07, 6.45) is 7.82. The molecule has 0 N–H and O–H groups in total. The van der Waals surface area contributed by atoms with Crippen molar-refractivity contribution in [3.05, 3.63) is 17.3 Å². The van der Waals surface area contributed by atoms with Gasteiger partial charge in [0, 0.05) is 43.8 Å². The van der Waals surface area contributed by atoms with Crippen LogP contribution in [0.4, 0.5) is 0 Å². The number of likely N-dealkylation sites (tertiary alicyclic amines) is 1. The molecule has 0 aromatic carbocycles. The van der Waals surface area contributed by atoms with E-state index in [-0.39, 0.29) is 0 Å². The first-order valence-electron chi connectivity index (χ1n) is 10.2. The average Bonchev–Trinajstić information content (AvgIpc) is 3.03. The van der Waals surface area contributed by atoms with Crippen LogP contribution in [-0.2, 0) is 15.7 Å². The summed E-state index contributed by atoms with van der Waals surface area (Å²) < 4.78 is 25.5. The fourth-order valence-electron chi connectivity index (χ4n) is 5.52. The Hall–Kier alpha value is -0.730. The van der Waals surface area contributed by atoms with Gasteiger partial charge in [-0.1, -0.05) is 11.6 Å². The molecule has 0 amide bonds. The number of piperidine rings is 1. The summed E-state index contributed by atoms with van der Waals surface area (Å²) in [5.74, 6) is 0.373. The molecule has 0 bridgehead atoms. The first-order valence-corrected chi connectivity index (χ1v) is 11.7. The molecular weight excluding hydrogens is 398 g/mol. The summed E-state index contributed by atoms with van der Waals surface area (Å²) in [4.78, 5) is 7.50. The minimum Gasteiger partial charge on any atom is -0.480 e. The fraction of sp³-hybridized carbons (Fsp3) is 0.750. The largest absolute Gasteiger partial charge is 0.480 e. The molecule has 154 valence electrons. The molecule has 8 heteroatoms. The van der Waals surface area contributed by atoms with Crippen molar-refractivity contribution in [3.8, 4) is 5.88 Å². The Morgan fingerprint density at radius 3 is 2.61 bits per heavy atom. The van der Waals surface area contributed by atoms with Gasteiger partial charge in [-0.2, -0.15) is 0 Å². The van der Waals surface area contributed by atoms with E-state index in [2.05, 4.69) is 14.2 Å². The third-order valence-corrected chi connectivity index (χ3v) is 9.01. The van der Waals surface area contributed by atoms with Crippen LogP contribution in [0.3, 0.4) is 0 Å². The summed E-state index contributed by atoms with van der Waals surface area (Å²) in [6.45, 7) is 6.14. The van der Waals surface area contributed by atoms with Gasteiger partial charge in [0.25, 0.3) is 0 Å². The van der Waals surface area contributed by atoms with E-state index in [4.69, 9.17) is 21.1 Å². The van der Waals surface area contributed by atoms with Crippen molar-refractivity contribution in [1.82, 2.24) is 14.2 Å². The smallest absolute Gasteiger partial charge is 0.232 e. The van der Waals surface area contributed by atoms with E-state index < -0.39 is 11.0 Å². The summed E-state index contributed by atoms with van der Waals surface area (Å²) in [5, 5.41) is 0.407. The van der Waals surface area contributed by atoms with E-state index in [0.717, 1.165) is 45.2 Å². The Labute approximate surface area is 174 Å². The number of halogens is 1. The summed E-state index contributed by atoms with van der Waals surface area (Å²) >= 11 is 6.16. The van der Waals surface area contributed by atoms with Crippen molar-refractivity contribution in [2.75, 3.05) is 46.5 Å². The first-order chi connectivity index (χ1) is 13.5. The highest BCUT2D eigenvalue weighted by atomic mass is 35.5. The van der Waals surface area contributed by atoms with Crippen molar-refractivity contribution >= 4 is 22.6 Å². The second-order valence-corrected chi connectivity index (χ2v) is 11.0. The Morgan fingerprint density at radius 1 is 1.25 bits per heavy atom. The highest BCUT2D eigenvalue weighted by molar-refractivity contribution is 7.82. The molecule has 0 radical (unpaired) electrons. The molecule has 1 aromatic rings. The monoisotopic (exact) mass is 425 g/mol. The number of pyridine rings is 1. The lowest BCUT2D eigenvalue weighted by Crippen LogP contribution is -2.67. The minimum atomic E-state index is -1.21. The summed E-state index contributed by atoms with van der Waals surface area (Å²) in [7, 11) is 0.319. The van der Waals surface area contributed by atoms with Gasteiger partial charge in [-0.15, -0.1) is 0 Å². The van der Waals surface area contributed by atoms with Crippen molar-refractivity contribution in [2.45, 2.75) is 43.0 Å². The molecule has 6 nitrogen and oxygen atoms in total. The summed E-state index contributed by atoms with van der Waals surface area (Å²) in [5.41, 5.74) is 0.948. The zero-order valence-corrected chi connectivity index (χ0v) is 17.9. The van der Waals surface area contributed by atoms with Crippen LogP contribution in [0, 0.1) is 10.8 Å². The molecule has 2 spiro atoms. The van der Waals surface area contributed by atoms with Crippen LogP contribution >= 0.6 is 11.6 Å². The number of ether oxygens (including phenoxy) is 2. The van der Waals surface area contributed by atoms with Gasteiger partial charge >= 0.3 is 0 Å². The summed E-state index contributed by atoms with van der Waals surface area (Å²) in [6, 6.07) is 2.46. The molecule has 4 fully saturated rings. The Morgan fingerprint density at radius 2 is 2.00 bits per heavy atom. The van der Waals surface area contributed by atoms with Crippen LogP contribution in [0.5, 0.6) is 5.88 Å². The first kappa shape index (κ1) is 19.2. The maximum Gasteiger partial charge on any atom is 0.232 e. The Bertz CT molecular complexity index is 772.